The molecule has 6 rings (SSSR count). The van der Waals surface area contributed by atoms with Crippen LogP contribution in [0.25, 0.3) is 5.70 Å². The molecule has 2 bridgehead atoms. The minimum atomic E-state index is -4.97. The van der Waals surface area contributed by atoms with Gasteiger partial charge in [-0.15, -0.1) is 0 Å². The maximum atomic E-state index is 14.6. The second kappa shape index (κ2) is 9.57. The van der Waals surface area contributed by atoms with Crippen molar-refractivity contribution < 1.29 is 32.3 Å². The number of quaternary nitrogens is 1. The first-order valence-corrected chi connectivity index (χ1v) is 14.5. The van der Waals surface area contributed by atoms with Gasteiger partial charge < -0.3 is 24.5 Å². The zero-order chi connectivity index (χ0) is 29.4. The number of hydrogen-bond donors (Lipinski definition) is 2. The van der Waals surface area contributed by atoms with Crippen LogP contribution in [0, 0.1) is 11.3 Å². The molecule has 1 amide bonds. The smallest absolute Gasteiger partial charge is 0.377 e. The highest BCUT2D eigenvalue weighted by Gasteiger charge is 2.70. The van der Waals surface area contributed by atoms with Crippen molar-refractivity contribution in [2.45, 2.75) is 62.3 Å². The molecule has 41 heavy (non-hydrogen) atoms. The number of piperidine rings is 1. The summed E-state index contributed by atoms with van der Waals surface area (Å²) in [6.45, 7) is 5.82. The highest BCUT2D eigenvalue weighted by atomic mass is 19.4. The van der Waals surface area contributed by atoms with Crippen LogP contribution < -0.4 is 5.32 Å². The number of nitrogens with zero attached hydrogens (tertiary/aromatic N) is 2. The fourth-order valence-corrected chi connectivity index (χ4v) is 8.80. The number of likely N-dealkylation sites (N-methyl/N-ethyl adjacent to an activating group) is 1. The molecule has 5 aliphatic rings. The average Bonchev–Trinajstić information content (AvgIpc) is 3.26. The van der Waals surface area contributed by atoms with Gasteiger partial charge in [0.15, 0.2) is 5.72 Å². The molecule has 2 N–H and O–H groups in total. The van der Waals surface area contributed by atoms with Gasteiger partial charge in [-0.2, -0.15) is 13.2 Å². The average molecular weight is 571 g/mol. The van der Waals surface area contributed by atoms with Crippen molar-refractivity contribution in [1.82, 2.24) is 10.2 Å². The number of carbonyl (C=O) groups excluding carboxylic acids is 1. The van der Waals surface area contributed by atoms with Gasteiger partial charge in [-0.1, -0.05) is 49.4 Å². The first-order chi connectivity index (χ1) is 19.4. The normalized spacial score (nSPS) is 37.7. The fraction of sp³-hybridized carbons (Fsp3) is 0.531. The molecule has 1 aromatic carbocycles. The molecule has 9 heteroatoms. The van der Waals surface area contributed by atoms with Gasteiger partial charge >= 0.3 is 6.18 Å². The van der Waals surface area contributed by atoms with Gasteiger partial charge in [-0.25, -0.2) is 0 Å². The SMILES string of the molecule is C=CC[N+]1(C)CC[C@]23C4=C5C=CC(O)(NC(=O)C(=C(c6ccccc6)N(C)C)C(F)(F)F)C4O[C@H]2CCC[C@H]3[C@H]1C5. The van der Waals surface area contributed by atoms with Crippen molar-refractivity contribution in [2.75, 3.05) is 34.2 Å². The summed E-state index contributed by atoms with van der Waals surface area (Å²) < 4.78 is 51.3. The van der Waals surface area contributed by atoms with Crippen LogP contribution >= 0.6 is 0 Å². The van der Waals surface area contributed by atoms with E-state index in [0.717, 1.165) is 60.8 Å². The van der Waals surface area contributed by atoms with Gasteiger partial charge in [-0.3, -0.25) is 4.79 Å². The summed E-state index contributed by atoms with van der Waals surface area (Å²) in [4.78, 5) is 14.9. The Morgan fingerprint density at radius 1 is 1.27 bits per heavy atom. The summed E-state index contributed by atoms with van der Waals surface area (Å²) in [5.41, 5.74) is -1.68. The molecule has 1 spiro atoms. The summed E-state index contributed by atoms with van der Waals surface area (Å²) >= 11 is 0. The topological polar surface area (TPSA) is 61.8 Å². The van der Waals surface area contributed by atoms with Gasteiger partial charge in [0.05, 0.1) is 38.0 Å². The lowest BCUT2D eigenvalue weighted by atomic mass is 9.50. The third-order valence-electron chi connectivity index (χ3n) is 10.4. The number of alkyl halides is 3. The molecule has 3 fully saturated rings. The largest absolute Gasteiger partial charge is 0.423 e. The molecule has 3 unspecified atom stereocenters. The van der Waals surface area contributed by atoms with Crippen LogP contribution in [0.15, 0.2) is 71.9 Å². The molecule has 1 saturated carbocycles. The second-order valence-corrected chi connectivity index (χ2v) is 12.8. The Morgan fingerprint density at radius 3 is 2.66 bits per heavy atom. The summed E-state index contributed by atoms with van der Waals surface area (Å²) in [5, 5.41) is 14.4. The Balaban J connectivity index is 1.40. The molecular formula is C32H39F3N3O3+. The molecular weight excluding hydrogens is 531 g/mol. The molecule has 2 aliphatic heterocycles. The maximum Gasteiger partial charge on any atom is 0.423 e. The van der Waals surface area contributed by atoms with Gasteiger partial charge in [0, 0.05) is 38.3 Å². The third kappa shape index (κ3) is 4.14. The number of halogens is 3. The maximum absolute atomic E-state index is 14.6. The van der Waals surface area contributed by atoms with Crippen molar-refractivity contribution in [3.63, 3.8) is 0 Å². The molecule has 1 aromatic rings. The minimum absolute atomic E-state index is 0.140. The summed E-state index contributed by atoms with van der Waals surface area (Å²) in [7, 11) is 5.24. The number of likely N-dealkylation sites (tertiary alicyclic amines) is 1. The van der Waals surface area contributed by atoms with Crippen molar-refractivity contribution in [3.05, 3.63) is 77.4 Å². The van der Waals surface area contributed by atoms with Crippen molar-refractivity contribution in [2.24, 2.45) is 11.3 Å². The molecule has 2 saturated heterocycles. The third-order valence-corrected chi connectivity index (χ3v) is 10.4. The Hall–Kier alpha value is -2.88. The van der Waals surface area contributed by atoms with Crippen molar-refractivity contribution >= 4 is 11.6 Å². The van der Waals surface area contributed by atoms with E-state index in [2.05, 4.69) is 18.9 Å². The standard InChI is InChI=1S/C32H38F3N3O3/c1-5-17-38(4)18-16-30-22-12-9-13-24(30)41-28-25(30)21(19-23(22)38)14-15-31(28,40)36-29(39)26(32(33,34)35)27(37(2)3)20-10-7-6-8-11-20/h5-8,10-11,14-15,22-24,28,40H,1,9,12-13,16-19H2,2-4H3/p+1/t22-,23+,24-,28?,30+,31?,38?/m0/s1. The molecule has 0 radical (unpaired) electrons. The summed E-state index contributed by atoms with van der Waals surface area (Å²) in [6, 6.07) is 8.39. The summed E-state index contributed by atoms with van der Waals surface area (Å²) in [6.07, 6.45) is 3.78. The summed E-state index contributed by atoms with van der Waals surface area (Å²) in [5.74, 6) is -1.04. The van der Waals surface area contributed by atoms with Gasteiger partial charge in [-0.05, 0) is 41.7 Å². The van der Waals surface area contributed by atoms with Crippen LogP contribution in [0.3, 0.4) is 0 Å². The molecule has 6 nitrogen and oxygen atoms in total. The molecule has 3 aliphatic carbocycles. The monoisotopic (exact) mass is 570 g/mol. The number of nitrogens with one attached hydrogen (secondary N) is 1. The predicted octanol–water partition coefficient (Wildman–Crippen LogP) is 4.56. The van der Waals surface area contributed by atoms with Crippen LogP contribution in [-0.2, 0) is 9.53 Å². The van der Waals surface area contributed by atoms with E-state index in [1.54, 1.807) is 18.2 Å². The van der Waals surface area contributed by atoms with Crippen LogP contribution in [0.2, 0.25) is 0 Å². The number of ether oxygens (including phenoxy) is 1. The van der Waals surface area contributed by atoms with Gasteiger partial charge in [0.1, 0.15) is 11.7 Å². The Morgan fingerprint density at radius 2 is 2.00 bits per heavy atom. The van der Waals surface area contributed by atoms with E-state index in [1.165, 1.54) is 37.2 Å². The number of benzene rings is 1. The quantitative estimate of drug-likeness (QED) is 0.228. The highest BCUT2D eigenvalue weighted by molar-refractivity contribution is 6.02. The zero-order valence-corrected chi connectivity index (χ0v) is 23.9. The number of aliphatic hydroxyl groups is 1. The van der Waals surface area contributed by atoms with E-state index >= 15 is 0 Å². The number of hydrogen-bond acceptors (Lipinski definition) is 4. The molecule has 0 aromatic heterocycles. The van der Waals surface area contributed by atoms with E-state index in [-0.39, 0.29) is 22.8 Å². The first kappa shape index (κ1) is 28.2. The lowest BCUT2D eigenvalue weighted by Gasteiger charge is -2.61. The van der Waals surface area contributed by atoms with Crippen LogP contribution in [-0.4, -0.2) is 84.8 Å². The van der Waals surface area contributed by atoms with E-state index in [1.807, 2.05) is 12.2 Å². The second-order valence-electron chi connectivity index (χ2n) is 12.8. The highest BCUT2D eigenvalue weighted by Crippen LogP contribution is 2.66. The van der Waals surface area contributed by atoms with Gasteiger partial charge in [0.2, 0.25) is 0 Å². The molecule has 7 atom stereocenters. The zero-order valence-electron chi connectivity index (χ0n) is 23.9. The Kier molecular flexibility index (Phi) is 6.60. The lowest BCUT2D eigenvalue weighted by Crippen LogP contribution is -2.69. The van der Waals surface area contributed by atoms with Crippen LogP contribution in [0.1, 0.15) is 37.7 Å². The fourth-order valence-electron chi connectivity index (χ4n) is 8.80. The van der Waals surface area contributed by atoms with Crippen LogP contribution in [0.5, 0.6) is 0 Å². The first-order valence-electron chi connectivity index (χ1n) is 14.5. The number of rotatable bonds is 6. The van der Waals surface area contributed by atoms with Crippen molar-refractivity contribution in [1.29, 1.82) is 0 Å². The lowest BCUT2D eigenvalue weighted by molar-refractivity contribution is -0.940. The number of carbonyl (C=O) groups is 1. The molecule has 2 heterocycles. The minimum Gasteiger partial charge on any atom is -0.377 e. The van der Waals surface area contributed by atoms with E-state index < -0.39 is 29.5 Å². The van der Waals surface area contributed by atoms with E-state index in [9.17, 15) is 23.1 Å². The van der Waals surface area contributed by atoms with Crippen molar-refractivity contribution in [3.8, 4) is 0 Å². The van der Waals surface area contributed by atoms with Gasteiger partial charge in [0.25, 0.3) is 5.91 Å². The predicted molar refractivity (Wildman–Crippen MR) is 150 cm³/mol. The van der Waals surface area contributed by atoms with E-state index in [0.29, 0.717) is 12.0 Å². The number of allylic oxidation sites excluding steroid dienone is 1. The van der Waals surface area contributed by atoms with Crippen LogP contribution in [0.4, 0.5) is 13.2 Å². The Labute approximate surface area is 239 Å². The Bertz CT molecular complexity index is 1350. The molecule has 220 valence electrons. The van der Waals surface area contributed by atoms with E-state index in [4.69, 9.17) is 4.74 Å². The number of amides is 1.